The maximum absolute atomic E-state index is 12.8. The highest BCUT2D eigenvalue weighted by Gasteiger charge is 2.19. The summed E-state index contributed by atoms with van der Waals surface area (Å²) < 4.78 is 35.3. The smallest absolute Gasteiger partial charge is 0.259 e. The highest BCUT2D eigenvalue weighted by atomic mass is 32.2. The summed E-state index contributed by atoms with van der Waals surface area (Å²) in [5, 5.41) is 2.78. The molecule has 140 valence electrons. The maximum atomic E-state index is 12.8. The molecule has 2 rings (SSSR count). The number of carbonyl (C=O) groups excluding carboxylic acids is 1. The Labute approximate surface area is 153 Å². The van der Waals surface area contributed by atoms with Crippen molar-refractivity contribution in [1.29, 1.82) is 0 Å². The molecule has 0 aliphatic carbocycles. The van der Waals surface area contributed by atoms with Gasteiger partial charge in [-0.2, -0.15) is 0 Å². The molecule has 0 unspecified atom stereocenters. The summed E-state index contributed by atoms with van der Waals surface area (Å²) in [7, 11) is -0.586. The van der Waals surface area contributed by atoms with Crippen LogP contribution in [0.3, 0.4) is 0 Å². The molecular weight excluding hydrogens is 356 g/mol. The minimum atomic E-state index is -3.45. The van der Waals surface area contributed by atoms with Crippen molar-refractivity contribution in [2.75, 3.05) is 36.6 Å². The van der Waals surface area contributed by atoms with Gasteiger partial charge in [0.05, 0.1) is 36.9 Å². The molecule has 1 N–H and O–H groups in total. The minimum Gasteiger partial charge on any atom is -0.496 e. The van der Waals surface area contributed by atoms with Crippen LogP contribution in [0.5, 0.6) is 11.5 Å². The number of para-hydroxylation sites is 2. The minimum absolute atomic E-state index is 0.215. The summed E-state index contributed by atoms with van der Waals surface area (Å²) in [5.41, 5.74) is 1.09. The van der Waals surface area contributed by atoms with Crippen molar-refractivity contribution in [3.05, 3.63) is 48.0 Å². The zero-order chi connectivity index (χ0) is 19.3. The number of ether oxygens (including phenoxy) is 2. The SMILES string of the molecule is CCOc1ccccc1NC(=O)c1cc(N(C)S(C)(=O)=O)ccc1OC. The van der Waals surface area contributed by atoms with Crippen molar-refractivity contribution in [3.8, 4) is 11.5 Å². The number of hydrogen-bond acceptors (Lipinski definition) is 5. The van der Waals surface area contributed by atoms with Gasteiger partial charge >= 0.3 is 0 Å². The van der Waals surface area contributed by atoms with Gasteiger partial charge in [0, 0.05) is 7.05 Å². The van der Waals surface area contributed by atoms with Crippen LogP contribution in [0.25, 0.3) is 0 Å². The molecule has 1 amide bonds. The summed E-state index contributed by atoms with van der Waals surface area (Å²) in [6.45, 7) is 2.32. The van der Waals surface area contributed by atoms with E-state index in [1.165, 1.54) is 20.2 Å². The van der Waals surface area contributed by atoms with Crippen molar-refractivity contribution in [1.82, 2.24) is 0 Å². The number of carbonyl (C=O) groups is 1. The molecule has 0 spiro atoms. The number of rotatable bonds is 7. The predicted molar refractivity (Wildman–Crippen MR) is 102 cm³/mol. The lowest BCUT2D eigenvalue weighted by atomic mass is 10.1. The standard InChI is InChI=1S/C18H22N2O5S/c1-5-25-17-9-7-6-8-15(17)19-18(21)14-12-13(10-11-16(14)24-3)20(2)26(4,22)23/h6-12H,5H2,1-4H3,(H,19,21). The van der Waals surface area contributed by atoms with E-state index >= 15 is 0 Å². The first-order valence-electron chi connectivity index (χ1n) is 7.93. The third kappa shape index (κ3) is 4.45. The molecule has 0 aliphatic rings. The first-order chi connectivity index (χ1) is 12.3. The fourth-order valence-corrected chi connectivity index (χ4v) is 2.80. The first-order valence-corrected chi connectivity index (χ1v) is 9.78. The number of anilines is 2. The molecule has 2 aromatic rings. The van der Waals surface area contributed by atoms with Gasteiger partial charge in [0.25, 0.3) is 5.91 Å². The Morgan fingerprint density at radius 2 is 1.85 bits per heavy atom. The zero-order valence-corrected chi connectivity index (χ0v) is 16.0. The Morgan fingerprint density at radius 3 is 2.46 bits per heavy atom. The van der Waals surface area contributed by atoms with E-state index in [9.17, 15) is 13.2 Å². The second kappa shape index (κ2) is 8.09. The average Bonchev–Trinajstić information content (AvgIpc) is 2.61. The number of hydrogen-bond donors (Lipinski definition) is 1. The van der Waals surface area contributed by atoms with Gasteiger partial charge in [-0.3, -0.25) is 9.10 Å². The second-order valence-corrected chi connectivity index (χ2v) is 7.51. The highest BCUT2D eigenvalue weighted by molar-refractivity contribution is 7.92. The molecule has 0 radical (unpaired) electrons. The van der Waals surface area contributed by atoms with Gasteiger partial charge in [0.15, 0.2) is 0 Å². The van der Waals surface area contributed by atoms with E-state index in [0.717, 1.165) is 10.6 Å². The number of nitrogens with one attached hydrogen (secondary N) is 1. The van der Waals surface area contributed by atoms with Crippen LogP contribution in [-0.4, -0.2) is 41.3 Å². The van der Waals surface area contributed by atoms with E-state index in [1.54, 1.807) is 30.3 Å². The highest BCUT2D eigenvalue weighted by Crippen LogP contribution is 2.29. The van der Waals surface area contributed by atoms with E-state index in [-0.39, 0.29) is 5.56 Å². The Hall–Kier alpha value is -2.74. The van der Waals surface area contributed by atoms with Gasteiger partial charge in [-0.05, 0) is 37.3 Å². The van der Waals surface area contributed by atoms with Gasteiger partial charge in [-0.15, -0.1) is 0 Å². The van der Waals surface area contributed by atoms with Crippen molar-refractivity contribution >= 4 is 27.3 Å². The number of amides is 1. The molecular formula is C18H22N2O5S. The van der Waals surface area contributed by atoms with E-state index < -0.39 is 15.9 Å². The number of sulfonamides is 1. The van der Waals surface area contributed by atoms with Gasteiger partial charge < -0.3 is 14.8 Å². The second-order valence-electron chi connectivity index (χ2n) is 5.50. The lowest BCUT2D eigenvalue weighted by Gasteiger charge is -2.19. The molecule has 0 heterocycles. The van der Waals surface area contributed by atoms with Gasteiger partial charge in [0.2, 0.25) is 10.0 Å². The van der Waals surface area contributed by atoms with Crippen LogP contribution >= 0.6 is 0 Å². The lowest BCUT2D eigenvalue weighted by molar-refractivity contribution is 0.102. The normalized spacial score (nSPS) is 10.9. The molecule has 26 heavy (non-hydrogen) atoms. The van der Waals surface area contributed by atoms with Crippen LogP contribution in [0.4, 0.5) is 11.4 Å². The fraction of sp³-hybridized carbons (Fsp3) is 0.278. The van der Waals surface area contributed by atoms with Crippen LogP contribution in [0.15, 0.2) is 42.5 Å². The van der Waals surface area contributed by atoms with E-state index in [2.05, 4.69) is 5.32 Å². The van der Waals surface area contributed by atoms with Crippen molar-refractivity contribution < 1.29 is 22.7 Å². The largest absolute Gasteiger partial charge is 0.496 e. The molecule has 0 fully saturated rings. The average molecular weight is 378 g/mol. The Morgan fingerprint density at radius 1 is 1.15 bits per heavy atom. The summed E-state index contributed by atoms with van der Waals surface area (Å²) in [5.74, 6) is 0.450. The van der Waals surface area contributed by atoms with Crippen LogP contribution in [0.2, 0.25) is 0 Å². The molecule has 0 saturated carbocycles. The van der Waals surface area contributed by atoms with E-state index in [1.807, 2.05) is 13.0 Å². The molecule has 0 bridgehead atoms. The molecule has 2 aromatic carbocycles. The van der Waals surface area contributed by atoms with Crippen LogP contribution in [0.1, 0.15) is 17.3 Å². The van der Waals surface area contributed by atoms with E-state index in [4.69, 9.17) is 9.47 Å². The molecule has 8 heteroatoms. The van der Waals surface area contributed by atoms with Crippen LogP contribution in [0, 0.1) is 0 Å². The summed E-state index contributed by atoms with van der Waals surface area (Å²) in [4.78, 5) is 12.8. The summed E-state index contributed by atoms with van der Waals surface area (Å²) >= 11 is 0. The van der Waals surface area contributed by atoms with Crippen molar-refractivity contribution in [2.24, 2.45) is 0 Å². The van der Waals surface area contributed by atoms with Gasteiger partial charge in [-0.1, -0.05) is 12.1 Å². The van der Waals surface area contributed by atoms with Crippen molar-refractivity contribution in [3.63, 3.8) is 0 Å². The third-order valence-electron chi connectivity index (χ3n) is 3.72. The molecule has 0 aromatic heterocycles. The number of methoxy groups -OCH3 is 1. The lowest BCUT2D eigenvalue weighted by Crippen LogP contribution is -2.25. The molecule has 0 aliphatic heterocycles. The Balaban J connectivity index is 2.39. The summed E-state index contributed by atoms with van der Waals surface area (Å²) in [6.07, 6.45) is 1.09. The third-order valence-corrected chi connectivity index (χ3v) is 4.93. The molecule has 0 atom stereocenters. The Kier molecular flexibility index (Phi) is 6.10. The Bertz CT molecular complexity index is 896. The first kappa shape index (κ1) is 19.6. The molecule has 0 saturated heterocycles. The zero-order valence-electron chi connectivity index (χ0n) is 15.1. The monoisotopic (exact) mass is 378 g/mol. The van der Waals surface area contributed by atoms with Crippen LogP contribution in [-0.2, 0) is 10.0 Å². The van der Waals surface area contributed by atoms with Gasteiger partial charge in [-0.25, -0.2) is 8.42 Å². The topological polar surface area (TPSA) is 84.9 Å². The maximum Gasteiger partial charge on any atom is 0.259 e. The number of nitrogens with zero attached hydrogens (tertiary/aromatic N) is 1. The van der Waals surface area contributed by atoms with Crippen LogP contribution < -0.4 is 19.1 Å². The number of benzene rings is 2. The molecule has 7 nitrogen and oxygen atoms in total. The predicted octanol–water partition coefficient (Wildman–Crippen LogP) is 2.74. The quantitative estimate of drug-likeness (QED) is 0.801. The van der Waals surface area contributed by atoms with Crippen molar-refractivity contribution in [2.45, 2.75) is 6.92 Å². The fourth-order valence-electron chi connectivity index (χ4n) is 2.30. The van der Waals surface area contributed by atoms with Gasteiger partial charge in [0.1, 0.15) is 11.5 Å². The summed E-state index contributed by atoms with van der Waals surface area (Å²) in [6, 6.07) is 11.7. The van der Waals surface area contributed by atoms with E-state index in [0.29, 0.717) is 29.5 Å².